The van der Waals surface area contributed by atoms with Crippen molar-refractivity contribution in [1.82, 2.24) is 10.2 Å². The van der Waals surface area contributed by atoms with E-state index in [2.05, 4.69) is 15.5 Å². The van der Waals surface area contributed by atoms with E-state index in [9.17, 15) is 4.39 Å². The lowest BCUT2D eigenvalue weighted by atomic mass is 10.2. The maximum Gasteiger partial charge on any atom is 0.205 e. The summed E-state index contributed by atoms with van der Waals surface area (Å²) in [5, 5.41) is 12.6. The van der Waals surface area contributed by atoms with Crippen molar-refractivity contribution in [3.05, 3.63) is 40.7 Å². The molecule has 0 unspecified atom stereocenters. The van der Waals surface area contributed by atoms with Crippen LogP contribution >= 0.6 is 11.3 Å². The number of ether oxygens (including phenoxy) is 1. The van der Waals surface area contributed by atoms with Crippen molar-refractivity contribution >= 4 is 16.5 Å². The summed E-state index contributed by atoms with van der Waals surface area (Å²) in [5.41, 5.74) is 0.550. The van der Waals surface area contributed by atoms with E-state index < -0.39 is 0 Å². The van der Waals surface area contributed by atoms with Crippen LogP contribution in [0.2, 0.25) is 0 Å². The van der Waals surface area contributed by atoms with Crippen molar-refractivity contribution < 1.29 is 9.13 Å². The van der Waals surface area contributed by atoms with Crippen LogP contribution < -0.4 is 5.32 Å². The van der Waals surface area contributed by atoms with E-state index >= 15 is 0 Å². The van der Waals surface area contributed by atoms with Crippen LogP contribution in [0.3, 0.4) is 0 Å². The fourth-order valence-electron chi connectivity index (χ4n) is 1.40. The number of aromatic nitrogens is 2. The van der Waals surface area contributed by atoms with Crippen LogP contribution in [0.4, 0.5) is 9.52 Å². The molecule has 0 aliphatic carbocycles. The van der Waals surface area contributed by atoms with Gasteiger partial charge in [0.05, 0.1) is 6.61 Å². The maximum absolute atomic E-state index is 13.3. The molecule has 1 N–H and O–H groups in total. The highest BCUT2D eigenvalue weighted by molar-refractivity contribution is 7.15. The molecule has 1 aromatic carbocycles. The van der Waals surface area contributed by atoms with Gasteiger partial charge in [-0.2, -0.15) is 0 Å². The zero-order chi connectivity index (χ0) is 12.8. The highest BCUT2D eigenvalue weighted by Crippen LogP contribution is 2.16. The smallest absolute Gasteiger partial charge is 0.205 e. The molecule has 0 saturated carbocycles. The first-order valence-electron chi connectivity index (χ1n) is 5.67. The zero-order valence-electron chi connectivity index (χ0n) is 10.0. The lowest BCUT2D eigenvalue weighted by Crippen LogP contribution is -1.96. The Bertz CT molecular complexity index is 504. The van der Waals surface area contributed by atoms with Crippen LogP contribution in [-0.2, 0) is 18.0 Å². The quantitative estimate of drug-likeness (QED) is 0.874. The number of rotatable bonds is 6. The molecule has 0 bridgehead atoms. The fraction of sp³-hybridized carbons (Fsp3) is 0.333. The zero-order valence-corrected chi connectivity index (χ0v) is 10.8. The molecule has 4 nitrogen and oxygen atoms in total. The summed E-state index contributed by atoms with van der Waals surface area (Å²) in [5.74, 6) is -0.247. The van der Waals surface area contributed by atoms with Gasteiger partial charge in [0, 0.05) is 12.1 Å². The Morgan fingerprint density at radius 1 is 1.28 bits per heavy atom. The van der Waals surface area contributed by atoms with Gasteiger partial charge in [0.15, 0.2) is 0 Å². The van der Waals surface area contributed by atoms with E-state index in [1.165, 1.54) is 17.4 Å². The van der Waals surface area contributed by atoms with Gasteiger partial charge in [-0.1, -0.05) is 29.5 Å². The molecule has 6 heteroatoms. The lowest BCUT2D eigenvalue weighted by Gasteiger charge is -2.02. The van der Waals surface area contributed by atoms with E-state index in [4.69, 9.17) is 4.74 Å². The van der Waals surface area contributed by atoms with Crippen LogP contribution in [0.5, 0.6) is 0 Å². The maximum atomic E-state index is 13.3. The molecule has 1 aromatic heterocycles. The van der Waals surface area contributed by atoms with Crippen LogP contribution in [0.1, 0.15) is 17.5 Å². The number of halogens is 1. The third kappa shape index (κ3) is 3.48. The number of nitrogens with one attached hydrogen (secondary N) is 1. The highest BCUT2D eigenvalue weighted by Gasteiger charge is 2.05. The van der Waals surface area contributed by atoms with Gasteiger partial charge < -0.3 is 10.1 Å². The summed E-state index contributed by atoms with van der Waals surface area (Å²) in [6, 6.07) is 6.58. The lowest BCUT2D eigenvalue weighted by molar-refractivity contribution is 0.104. The van der Waals surface area contributed by atoms with Gasteiger partial charge in [0.2, 0.25) is 5.13 Å². The van der Waals surface area contributed by atoms with Gasteiger partial charge in [-0.15, -0.1) is 10.2 Å². The molecule has 0 amide bonds. The van der Waals surface area contributed by atoms with Gasteiger partial charge in [0.1, 0.15) is 17.4 Å². The number of nitrogens with zero attached hydrogens (tertiary/aromatic N) is 2. The van der Waals surface area contributed by atoms with Gasteiger partial charge in [-0.25, -0.2) is 4.39 Å². The average Bonchev–Trinajstić information content (AvgIpc) is 2.80. The van der Waals surface area contributed by atoms with Crippen LogP contribution in [0.15, 0.2) is 24.3 Å². The van der Waals surface area contributed by atoms with Crippen LogP contribution in [0, 0.1) is 5.82 Å². The summed E-state index contributed by atoms with van der Waals surface area (Å²) in [6.45, 7) is 3.39. The van der Waals surface area contributed by atoms with E-state index in [0.717, 1.165) is 16.7 Å². The van der Waals surface area contributed by atoms with Gasteiger partial charge in [-0.3, -0.25) is 0 Å². The van der Waals surface area contributed by atoms with Crippen molar-refractivity contribution in [1.29, 1.82) is 0 Å². The first-order valence-corrected chi connectivity index (χ1v) is 6.48. The van der Waals surface area contributed by atoms with Crippen LogP contribution in [0.25, 0.3) is 0 Å². The molecule has 2 rings (SSSR count). The second-order valence-electron chi connectivity index (χ2n) is 3.62. The predicted octanol–water partition coefficient (Wildman–Crippen LogP) is 2.83. The Labute approximate surface area is 109 Å². The highest BCUT2D eigenvalue weighted by atomic mass is 32.1. The molecule has 2 aromatic rings. The van der Waals surface area contributed by atoms with E-state index in [-0.39, 0.29) is 12.4 Å². The standard InChI is InChI=1S/C12H14FN3OS/c1-2-14-12-16-15-11(18-12)8-17-7-9-5-3-4-6-10(9)13/h3-6H,2,7-8H2,1H3,(H,14,16). The van der Waals surface area contributed by atoms with Gasteiger partial charge in [-0.05, 0) is 13.0 Å². The van der Waals surface area contributed by atoms with Gasteiger partial charge in [0.25, 0.3) is 0 Å². The predicted molar refractivity (Wildman–Crippen MR) is 69.0 cm³/mol. The minimum Gasteiger partial charge on any atom is -0.369 e. The fourth-order valence-corrected chi connectivity index (χ4v) is 2.14. The Hall–Kier alpha value is -1.53. The minimum absolute atomic E-state index is 0.239. The number of hydrogen-bond acceptors (Lipinski definition) is 5. The number of benzene rings is 1. The normalized spacial score (nSPS) is 10.6. The van der Waals surface area contributed by atoms with Crippen molar-refractivity contribution in [2.45, 2.75) is 20.1 Å². The second-order valence-corrected chi connectivity index (χ2v) is 4.68. The van der Waals surface area contributed by atoms with Gasteiger partial charge >= 0.3 is 0 Å². The monoisotopic (exact) mass is 267 g/mol. The molecule has 0 aliphatic rings. The van der Waals surface area contributed by atoms with Crippen molar-refractivity contribution in [3.8, 4) is 0 Å². The third-order valence-electron chi connectivity index (χ3n) is 2.24. The topological polar surface area (TPSA) is 47.0 Å². The van der Waals surface area contributed by atoms with Crippen LogP contribution in [-0.4, -0.2) is 16.7 Å². The molecule has 0 spiro atoms. The summed E-state index contributed by atoms with van der Waals surface area (Å²) < 4.78 is 18.7. The first kappa shape index (κ1) is 12.9. The molecule has 0 radical (unpaired) electrons. The third-order valence-corrected chi connectivity index (χ3v) is 3.09. The molecule has 96 valence electrons. The van der Waals surface area contributed by atoms with Crippen molar-refractivity contribution in [3.63, 3.8) is 0 Å². The summed E-state index contributed by atoms with van der Waals surface area (Å²) in [7, 11) is 0. The SMILES string of the molecule is CCNc1nnc(COCc2ccccc2F)s1. The Morgan fingerprint density at radius 3 is 2.89 bits per heavy atom. The summed E-state index contributed by atoms with van der Waals surface area (Å²) in [6.07, 6.45) is 0. The first-order chi connectivity index (χ1) is 8.79. The molecule has 0 fully saturated rings. The van der Waals surface area contributed by atoms with E-state index in [0.29, 0.717) is 12.2 Å². The Balaban J connectivity index is 1.83. The molecule has 1 heterocycles. The number of anilines is 1. The summed E-state index contributed by atoms with van der Waals surface area (Å²) in [4.78, 5) is 0. The number of hydrogen-bond donors (Lipinski definition) is 1. The molecule has 18 heavy (non-hydrogen) atoms. The second kappa shape index (κ2) is 6.42. The van der Waals surface area contributed by atoms with E-state index in [1.54, 1.807) is 18.2 Å². The van der Waals surface area contributed by atoms with E-state index in [1.807, 2.05) is 6.92 Å². The Kier molecular flexibility index (Phi) is 4.60. The van der Waals surface area contributed by atoms with Crippen molar-refractivity contribution in [2.24, 2.45) is 0 Å². The largest absolute Gasteiger partial charge is 0.369 e. The Morgan fingerprint density at radius 2 is 2.11 bits per heavy atom. The molecule has 0 saturated heterocycles. The molecular weight excluding hydrogens is 253 g/mol. The average molecular weight is 267 g/mol. The molecule has 0 atom stereocenters. The molecule has 0 aliphatic heterocycles. The summed E-state index contributed by atoms with van der Waals surface area (Å²) >= 11 is 1.44. The van der Waals surface area contributed by atoms with Crippen molar-refractivity contribution in [2.75, 3.05) is 11.9 Å². The minimum atomic E-state index is -0.247. The molecular formula is C12H14FN3OS.